The smallest absolute Gasteiger partial charge is 0.345 e. The minimum atomic E-state index is -0.827. The van der Waals surface area contributed by atoms with Crippen LogP contribution in [0.1, 0.15) is 11.1 Å². The zero-order chi connectivity index (χ0) is 28.8. The van der Waals surface area contributed by atoms with Gasteiger partial charge in [0.05, 0.1) is 32.6 Å². The second-order valence-electron chi connectivity index (χ2n) is 9.17. The molecule has 0 spiro atoms. The molecule has 4 aromatic carbocycles. The third kappa shape index (κ3) is 3.60. The van der Waals surface area contributed by atoms with Crippen molar-refractivity contribution in [3.05, 3.63) is 82.4 Å². The van der Waals surface area contributed by atoms with Crippen LogP contribution in [-0.2, 0) is 0 Å². The molecule has 12 heteroatoms. The maximum atomic E-state index is 13.0. The summed E-state index contributed by atoms with van der Waals surface area (Å²) in [5.41, 5.74) is -0.684. The average Bonchev–Trinajstić information content (AvgIpc) is 2.91. The first-order valence-electron chi connectivity index (χ1n) is 11.6. The highest BCUT2D eigenvalue weighted by molar-refractivity contribution is 6.41. The molecule has 6 aromatic rings. The van der Waals surface area contributed by atoms with Crippen molar-refractivity contribution >= 4 is 101 Å². The van der Waals surface area contributed by atoms with E-state index in [1.165, 1.54) is 18.2 Å². The van der Waals surface area contributed by atoms with Crippen LogP contribution in [0.2, 0.25) is 20.1 Å². The number of hydrogen-bond donors (Lipinski definition) is 4. The van der Waals surface area contributed by atoms with E-state index in [0.29, 0.717) is 32.3 Å². The molecule has 0 amide bonds. The fourth-order valence-corrected chi connectivity index (χ4v) is 5.93. The molecule has 0 saturated heterocycles. The van der Waals surface area contributed by atoms with E-state index in [1.807, 2.05) is 0 Å². The monoisotopic (exact) mass is 617 g/mol. The Bertz CT molecular complexity index is 2240. The molecule has 202 valence electrons. The van der Waals surface area contributed by atoms with Crippen molar-refractivity contribution in [1.29, 1.82) is 0 Å². The third-order valence-electron chi connectivity index (χ3n) is 6.88. The van der Waals surface area contributed by atoms with Gasteiger partial charge in [-0.25, -0.2) is 9.59 Å². The fourth-order valence-electron chi connectivity index (χ4n) is 4.95. The zero-order valence-corrected chi connectivity index (χ0v) is 23.4. The normalized spacial score (nSPS) is 11.8. The van der Waals surface area contributed by atoms with Crippen molar-refractivity contribution in [2.24, 2.45) is 0 Å². The predicted molar refractivity (Wildman–Crippen MR) is 158 cm³/mol. The summed E-state index contributed by atoms with van der Waals surface area (Å²) < 4.78 is 10.9. The lowest BCUT2D eigenvalue weighted by atomic mass is 9.97. The van der Waals surface area contributed by atoms with Crippen LogP contribution in [0.25, 0.3) is 43.5 Å². The lowest BCUT2D eigenvalue weighted by Crippen LogP contribution is -2.06. The van der Waals surface area contributed by atoms with Crippen LogP contribution in [0.15, 0.2) is 48.8 Å². The van der Waals surface area contributed by atoms with Gasteiger partial charge in [0.15, 0.2) is 22.7 Å². The highest BCUT2D eigenvalue weighted by Gasteiger charge is 2.26. The van der Waals surface area contributed by atoms with Crippen LogP contribution < -0.4 is 16.6 Å². The summed E-state index contributed by atoms with van der Waals surface area (Å²) in [4.78, 5) is 26.0. The highest BCUT2D eigenvalue weighted by Crippen LogP contribution is 2.51. The number of phenolic OH excluding ortho intramolecular Hbond substituents is 3. The minimum absolute atomic E-state index is 0.00522. The molecular weight excluding hydrogens is 604 g/mol. The topological polar surface area (TPSA) is 133 Å². The maximum absolute atomic E-state index is 13.0. The number of hydrogen-bond acceptors (Lipinski definition) is 8. The van der Waals surface area contributed by atoms with Crippen molar-refractivity contribution in [2.75, 3.05) is 5.32 Å². The summed E-state index contributed by atoms with van der Waals surface area (Å²) in [7, 11) is 0. The van der Waals surface area contributed by atoms with Crippen LogP contribution in [0.4, 0.5) is 11.4 Å². The number of phenols is 3. The molecule has 2 heterocycles. The second kappa shape index (κ2) is 9.11. The average molecular weight is 619 g/mol. The molecule has 0 aliphatic rings. The molecule has 0 fully saturated rings. The molecule has 4 N–H and O–H groups in total. The SMILES string of the molecule is Cc1cc(Cl)c(C)c2c1c(=O)oc1c(Cl)c(O)c(O)c(Nc3ccc4c(c3Cl)c(=O)oc3c(Cl)c(O)ccc34)c12. The van der Waals surface area contributed by atoms with Crippen molar-refractivity contribution in [3.8, 4) is 17.2 Å². The van der Waals surface area contributed by atoms with Gasteiger partial charge in [-0.05, 0) is 49.2 Å². The van der Waals surface area contributed by atoms with E-state index in [0.717, 1.165) is 0 Å². The first-order valence-corrected chi connectivity index (χ1v) is 13.1. The quantitative estimate of drug-likeness (QED) is 0.0865. The Kier molecular flexibility index (Phi) is 6.01. The third-order valence-corrected chi connectivity index (χ3v) is 8.38. The fraction of sp³-hybridized carbons (Fsp3) is 0.0714. The Labute approximate surface area is 243 Å². The number of aryl methyl sites for hydroxylation is 2. The van der Waals surface area contributed by atoms with Crippen LogP contribution >= 0.6 is 46.4 Å². The number of benzene rings is 4. The second-order valence-corrected chi connectivity index (χ2v) is 10.7. The minimum Gasteiger partial charge on any atom is -0.506 e. The van der Waals surface area contributed by atoms with Gasteiger partial charge in [-0.1, -0.05) is 52.5 Å². The van der Waals surface area contributed by atoms with E-state index in [4.69, 9.17) is 55.2 Å². The van der Waals surface area contributed by atoms with Crippen LogP contribution in [0.3, 0.4) is 0 Å². The van der Waals surface area contributed by atoms with Crippen molar-refractivity contribution < 1.29 is 24.2 Å². The zero-order valence-electron chi connectivity index (χ0n) is 20.4. The van der Waals surface area contributed by atoms with Crippen molar-refractivity contribution in [1.82, 2.24) is 0 Å². The van der Waals surface area contributed by atoms with Gasteiger partial charge in [-0.3, -0.25) is 0 Å². The first-order chi connectivity index (χ1) is 18.9. The summed E-state index contributed by atoms with van der Waals surface area (Å²) in [5, 5.41) is 35.8. The van der Waals surface area contributed by atoms with Crippen LogP contribution in [0, 0.1) is 13.8 Å². The van der Waals surface area contributed by atoms with Gasteiger partial charge in [-0.2, -0.15) is 0 Å². The van der Waals surface area contributed by atoms with Gasteiger partial charge in [0.25, 0.3) is 0 Å². The molecule has 0 radical (unpaired) electrons. The van der Waals surface area contributed by atoms with Crippen molar-refractivity contribution in [3.63, 3.8) is 0 Å². The van der Waals surface area contributed by atoms with Crippen LogP contribution in [0.5, 0.6) is 17.2 Å². The first kappa shape index (κ1) is 26.4. The predicted octanol–water partition coefficient (Wildman–Crippen LogP) is 8.30. The van der Waals surface area contributed by atoms with Crippen LogP contribution in [-0.4, -0.2) is 15.3 Å². The molecule has 0 aliphatic heterocycles. The largest absolute Gasteiger partial charge is 0.506 e. The van der Waals surface area contributed by atoms with Gasteiger partial charge in [0.1, 0.15) is 15.8 Å². The van der Waals surface area contributed by atoms with Gasteiger partial charge in [0.2, 0.25) is 0 Å². The van der Waals surface area contributed by atoms with Gasteiger partial charge in [-0.15, -0.1) is 0 Å². The summed E-state index contributed by atoms with van der Waals surface area (Å²) in [6.45, 7) is 3.37. The molecule has 40 heavy (non-hydrogen) atoms. The molecule has 0 atom stereocenters. The highest BCUT2D eigenvalue weighted by atomic mass is 35.5. The van der Waals surface area contributed by atoms with E-state index < -0.39 is 22.8 Å². The van der Waals surface area contributed by atoms with Crippen molar-refractivity contribution in [2.45, 2.75) is 13.8 Å². The maximum Gasteiger partial charge on any atom is 0.345 e. The molecule has 6 rings (SSSR count). The molecule has 0 bridgehead atoms. The molecule has 8 nitrogen and oxygen atoms in total. The lowest BCUT2D eigenvalue weighted by Gasteiger charge is -2.18. The number of nitrogens with one attached hydrogen (secondary N) is 1. The number of anilines is 2. The Morgan fingerprint density at radius 3 is 2.08 bits per heavy atom. The van der Waals surface area contributed by atoms with Gasteiger partial charge >= 0.3 is 11.3 Å². The molecule has 0 saturated carbocycles. The molecule has 2 aromatic heterocycles. The Morgan fingerprint density at radius 1 is 0.700 bits per heavy atom. The van der Waals surface area contributed by atoms with Gasteiger partial charge in [0, 0.05) is 21.2 Å². The number of rotatable bonds is 2. The standard InChI is InChI=1S/C28H15Cl4NO7/c1-8-7-12(29)9(2)16-15(8)27(37)40-26-18(16)22(24(36)23(35)21(26)32)33-13-5-3-10-11-4-6-14(34)20(31)25(11)39-28(38)17(10)19(13)30/h3-7,33-36H,1-2H3. The molecule has 0 aliphatic carbocycles. The summed E-state index contributed by atoms with van der Waals surface area (Å²) in [5.74, 6) is -1.66. The number of fused-ring (bicyclic) bond motifs is 6. The van der Waals surface area contributed by atoms with E-state index in [2.05, 4.69) is 5.32 Å². The van der Waals surface area contributed by atoms with E-state index in [-0.39, 0.29) is 59.5 Å². The summed E-state index contributed by atoms with van der Waals surface area (Å²) in [6.07, 6.45) is 0. The lowest BCUT2D eigenvalue weighted by molar-refractivity contribution is 0.405. The summed E-state index contributed by atoms with van der Waals surface area (Å²) in [6, 6.07) is 7.63. The Morgan fingerprint density at radius 2 is 1.35 bits per heavy atom. The summed E-state index contributed by atoms with van der Waals surface area (Å²) >= 11 is 25.6. The number of halogens is 4. The molecule has 0 unspecified atom stereocenters. The Hall–Kier alpha value is -3.82. The van der Waals surface area contributed by atoms with Gasteiger partial charge < -0.3 is 29.5 Å². The van der Waals surface area contributed by atoms with E-state index in [1.54, 1.807) is 26.0 Å². The Balaban J connectivity index is 1.71. The number of aromatic hydroxyl groups is 3. The van der Waals surface area contributed by atoms with E-state index >= 15 is 0 Å². The molecular formula is C28H15Cl4NO7. The van der Waals surface area contributed by atoms with E-state index in [9.17, 15) is 24.9 Å².